The van der Waals surface area contributed by atoms with Gasteiger partial charge in [-0.3, -0.25) is 9.48 Å². The van der Waals surface area contributed by atoms with E-state index in [2.05, 4.69) is 12.0 Å². The summed E-state index contributed by atoms with van der Waals surface area (Å²) in [4.78, 5) is 11.4. The van der Waals surface area contributed by atoms with E-state index in [4.69, 9.17) is 4.74 Å². The van der Waals surface area contributed by atoms with Crippen molar-refractivity contribution in [1.82, 2.24) is 9.78 Å². The molecule has 0 N–H and O–H groups in total. The minimum Gasteiger partial charge on any atom is -0.377 e. The quantitative estimate of drug-likeness (QED) is 0.709. The summed E-state index contributed by atoms with van der Waals surface area (Å²) in [6.45, 7) is 5.06. The number of nitrogens with zero attached hydrogens (tertiary/aromatic N) is 2. The molecule has 0 aliphatic rings. The average Bonchev–Trinajstić information content (AvgIpc) is 2.60. The largest absolute Gasteiger partial charge is 0.377 e. The highest BCUT2D eigenvalue weighted by Gasteiger charge is 2.09. The average molecular weight is 210 g/mol. The number of rotatable bonds is 6. The highest BCUT2D eigenvalue weighted by molar-refractivity contribution is 5.81. The van der Waals surface area contributed by atoms with Crippen LogP contribution in [0.4, 0.5) is 0 Å². The summed E-state index contributed by atoms with van der Waals surface area (Å²) in [5, 5.41) is 4.38. The Bertz CT molecular complexity index is 331. The molecule has 1 aromatic heterocycles. The molecular formula is C11H18N2O2. The fraction of sp³-hybridized carbons (Fsp3) is 0.636. The van der Waals surface area contributed by atoms with Gasteiger partial charge in [-0.15, -0.1) is 0 Å². The van der Waals surface area contributed by atoms with Crippen LogP contribution in [0.5, 0.6) is 0 Å². The Morgan fingerprint density at radius 2 is 2.27 bits per heavy atom. The SMILES string of the molecule is CCc1cc(CC(=O)COC)n(CC)n1. The Labute approximate surface area is 90.2 Å². The van der Waals surface area contributed by atoms with E-state index in [-0.39, 0.29) is 12.4 Å². The van der Waals surface area contributed by atoms with Crippen LogP contribution in [0.1, 0.15) is 25.2 Å². The Morgan fingerprint density at radius 3 is 2.80 bits per heavy atom. The van der Waals surface area contributed by atoms with Crippen LogP contribution in [0.3, 0.4) is 0 Å². The lowest BCUT2D eigenvalue weighted by Gasteiger charge is -2.02. The van der Waals surface area contributed by atoms with Gasteiger partial charge in [-0.25, -0.2) is 0 Å². The molecule has 0 aromatic carbocycles. The van der Waals surface area contributed by atoms with Crippen molar-refractivity contribution in [1.29, 1.82) is 0 Å². The van der Waals surface area contributed by atoms with Gasteiger partial charge in [0.05, 0.1) is 12.1 Å². The summed E-state index contributed by atoms with van der Waals surface area (Å²) in [6.07, 6.45) is 1.31. The van der Waals surface area contributed by atoms with Gasteiger partial charge in [0, 0.05) is 19.3 Å². The molecular weight excluding hydrogens is 192 g/mol. The number of aryl methyl sites for hydroxylation is 2. The zero-order chi connectivity index (χ0) is 11.3. The predicted octanol–water partition coefficient (Wildman–Crippen LogP) is 1.22. The lowest BCUT2D eigenvalue weighted by atomic mass is 10.2. The third-order valence-electron chi connectivity index (χ3n) is 2.26. The molecule has 4 heteroatoms. The Balaban J connectivity index is 2.74. The molecule has 0 fully saturated rings. The first-order valence-corrected chi connectivity index (χ1v) is 5.27. The Kier molecular flexibility index (Phi) is 4.49. The summed E-state index contributed by atoms with van der Waals surface area (Å²) in [6, 6.07) is 2.00. The molecule has 84 valence electrons. The Hall–Kier alpha value is -1.16. The maximum atomic E-state index is 11.4. The summed E-state index contributed by atoms with van der Waals surface area (Å²) in [7, 11) is 1.53. The van der Waals surface area contributed by atoms with Crippen LogP contribution in [0.15, 0.2) is 6.07 Å². The van der Waals surface area contributed by atoms with Gasteiger partial charge < -0.3 is 4.74 Å². The molecule has 0 amide bonds. The maximum absolute atomic E-state index is 11.4. The second-order valence-electron chi connectivity index (χ2n) is 3.44. The topological polar surface area (TPSA) is 44.1 Å². The van der Waals surface area contributed by atoms with E-state index in [0.717, 1.165) is 24.4 Å². The molecule has 0 saturated heterocycles. The van der Waals surface area contributed by atoms with Gasteiger partial charge in [0.15, 0.2) is 5.78 Å². The van der Waals surface area contributed by atoms with Gasteiger partial charge in [0.2, 0.25) is 0 Å². The zero-order valence-electron chi connectivity index (χ0n) is 9.62. The van der Waals surface area contributed by atoms with Gasteiger partial charge in [-0.05, 0) is 19.4 Å². The normalized spacial score (nSPS) is 10.6. The van der Waals surface area contributed by atoms with Gasteiger partial charge in [0.25, 0.3) is 0 Å². The van der Waals surface area contributed by atoms with E-state index in [9.17, 15) is 4.79 Å². The molecule has 0 unspecified atom stereocenters. The van der Waals surface area contributed by atoms with Crippen molar-refractivity contribution in [3.05, 3.63) is 17.5 Å². The van der Waals surface area contributed by atoms with E-state index in [0.29, 0.717) is 6.42 Å². The second-order valence-corrected chi connectivity index (χ2v) is 3.44. The number of hydrogen-bond donors (Lipinski definition) is 0. The van der Waals surface area contributed by atoms with Crippen molar-refractivity contribution < 1.29 is 9.53 Å². The fourth-order valence-corrected chi connectivity index (χ4v) is 1.52. The third-order valence-corrected chi connectivity index (χ3v) is 2.26. The number of carbonyl (C=O) groups excluding carboxylic acids is 1. The van der Waals surface area contributed by atoms with Crippen molar-refractivity contribution >= 4 is 5.78 Å². The van der Waals surface area contributed by atoms with Crippen molar-refractivity contribution in [3.63, 3.8) is 0 Å². The first kappa shape index (κ1) is 11.9. The van der Waals surface area contributed by atoms with E-state index in [1.807, 2.05) is 17.7 Å². The van der Waals surface area contributed by atoms with Gasteiger partial charge in [-0.2, -0.15) is 5.10 Å². The second kappa shape index (κ2) is 5.66. The molecule has 1 rings (SSSR count). The van der Waals surface area contributed by atoms with Crippen molar-refractivity contribution in [2.24, 2.45) is 0 Å². The predicted molar refractivity (Wildman–Crippen MR) is 57.9 cm³/mol. The minimum absolute atomic E-state index is 0.0924. The van der Waals surface area contributed by atoms with Crippen LogP contribution >= 0.6 is 0 Å². The van der Waals surface area contributed by atoms with Crippen LogP contribution in [0.2, 0.25) is 0 Å². The maximum Gasteiger partial charge on any atom is 0.164 e. The first-order chi connectivity index (χ1) is 7.21. The number of ether oxygens (including phenoxy) is 1. The Morgan fingerprint density at radius 1 is 1.53 bits per heavy atom. The lowest BCUT2D eigenvalue weighted by molar-refractivity contribution is -0.122. The fourth-order valence-electron chi connectivity index (χ4n) is 1.52. The smallest absolute Gasteiger partial charge is 0.164 e. The summed E-state index contributed by atoms with van der Waals surface area (Å²) in [5.41, 5.74) is 2.02. The van der Waals surface area contributed by atoms with Gasteiger partial charge in [-0.1, -0.05) is 6.92 Å². The highest BCUT2D eigenvalue weighted by atomic mass is 16.5. The molecule has 1 aromatic rings. The first-order valence-electron chi connectivity index (χ1n) is 5.27. The van der Waals surface area contributed by atoms with Crippen LogP contribution in [-0.2, 0) is 28.9 Å². The van der Waals surface area contributed by atoms with E-state index < -0.39 is 0 Å². The number of ketones is 1. The highest BCUT2D eigenvalue weighted by Crippen LogP contribution is 2.06. The van der Waals surface area contributed by atoms with Gasteiger partial charge >= 0.3 is 0 Å². The van der Waals surface area contributed by atoms with Gasteiger partial charge in [0.1, 0.15) is 6.61 Å². The van der Waals surface area contributed by atoms with E-state index in [1.165, 1.54) is 7.11 Å². The van der Waals surface area contributed by atoms with Crippen molar-refractivity contribution in [2.45, 2.75) is 33.2 Å². The van der Waals surface area contributed by atoms with Crippen LogP contribution in [0.25, 0.3) is 0 Å². The minimum atomic E-state index is 0.0924. The molecule has 0 radical (unpaired) electrons. The summed E-state index contributed by atoms with van der Waals surface area (Å²) in [5.74, 6) is 0.0924. The van der Waals surface area contributed by atoms with Crippen molar-refractivity contribution in [3.8, 4) is 0 Å². The molecule has 0 aliphatic carbocycles. The lowest BCUT2D eigenvalue weighted by Crippen LogP contribution is -2.13. The van der Waals surface area contributed by atoms with E-state index in [1.54, 1.807) is 0 Å². The molecule has 15 heavy (non-hydrogen) atoms. The molecule has 0 aliphatic heterocycles. The standard InChI is InChI=1S/C11H18N2O2/c1-4-9-6-10(13(5-2)12-9)7-11(14)8-15-3/h6H,4-5,7-8H2,1-3H3. The van der Waals surface area contributed by atoms with Crippen molar-refractivity contribution in [2.75, 3.05) is 13.7 Å². The monoisotopic (exact) mass is 210 g/mol. The van der Waals surface area contributed by atoms with Crippen LogP contribution in [0, 0.1) is 0 Å². The number of aromatic nitrogens is 2. The third kappa shape index (κ3) is 3.16. The van der Waals surface area contributed by atoms with E-state index >= 15 is 0 Å². The number of Topliss-reactive ketones (excluding diaryl/α,β-unsaturated/α-hetero) is 1. The molecule has 1 heterocycles. The molecule has 0 saturated carbocycles. The van der Waals surface area contributed by atoms with Crippen LogP contribution in [-0.4, -0.2) is 29.3 Å². The summed E-state index contributed by atoms with van der Waals surface area (Å²) >= 11 is 0. The molecule has 0 bridgehead atoms. The molecule has 4 nitrogen and oxygen atoms in total. The molecule has 0 spiro atoms. The number of carbonyl (C=O) groups is 1. The number of hydrogen-bond acceptors (Lipinski definition) is 3. The number of methoxy groups -OCH3 is 1. The summed E-state index contributed by atoms with van der Waals surface area (Å²) < 4.78 is 6.68. The molecule has 0 atom stereocenters. The van der Waals surface area contributed by atoms with Crippen LogP contribution < -0.4 is 0 Å². The zero-order valence-corrected chi connectivity index (χ0v) is 9.62.